The number of rotatable bonds is 7. The quantitative estimate of drug-likeness (QED) is 0.493. The maximum absolute atomic E-state index is 4.75. The summed E-state index contributed by atoms with van der Waals surface area (Å²) in [7, 11) is 0. The number of aromatic nitrogens is 2. The summed E-state index contributed by atoms with van der Waals surface area (Å²) >= 11 is 0. The number of benzene rings is 2. The second-order valence-electron chi connectivity index (χ2n) is 7.08. The van der Waals surface area contributed by atoms with Crippen LogP contribution in [-0.2, 0) is 12.8 Å². The van der Waals surface area contributed by atoms with Crippen LogP contribution in [0.4, 0.5) is 11.4 Å². The molecule has 3 aromatic rings. The molecule has 3 nitrogen and oxygen atoms in total. The Balaban J connectivity index is 2.10. The fraction of sp³-hybridized carbons (Fsp3) is 0.333. The molecule has 0 N–H and O–H groups in total. The van der Waals surface area contributed by atoms with E-state index in [-0.39, 0.29) is 0 Å². The second kappa shape index (κ2) is 8.34. The zero-order chi connectivity index (χ0) is 19.4. The molecule has 27 heavy (non-hydrogen) atoms. The smallest absolute Gasteiger partial charge is 0.0914 e. The molecule has 3 heteroatoms. The zero-order valence-corrected chi connectivity index (χ0v) is 16.9. The number of anilines is 2. The Kier molecular flexibility index (Phi) is 5.90. The topological polar surface area (TPSA) is 29.0 Å². The minimum absolute atomic E-state index is 0.850. The van der Waals surface area contributed by atoms with Crippen molar-refractivity contribution in [3.05, 3.63) is 66.0 Å². The average Bonchev–Trinajstić information content (AvgIpc) is 2.70. The first-order valence-electron chi connectivity index (χ1n) is 9.88. The first kappa shape index (κ1) is 19.1. The first-order chi connectivity index (χ1) is 13.0. The Morgan fingerprint density at radius 2 is 1.63 bits per heavy atom. The summed E-state index contributed by atoms with van der Waals surface area (Å²) in [4.78, 5) is 11.7. The van der Waals surface area contributed by atoms with Gasteiger partial charge in [0.25, 0.3) is 0 Å². The van der Waals surface area contributed by atoms with E-state index in [0.29, 0.717) is 0 Å². The number of nitrogens with zero attached hydrogens (tertiary/aromatic N) is 3. The van der Waals surface area contributed by atoms with Crippen LogP contribution in [0.1, 0.15) is 50.9 Å². The molecule has 0 spiro atoms. The van der Waals surface area contributed by atoms with Crippen LogP contribution < -0.4 is 4.90 Å². The van der Waals surface area contributed by atoms with Crippen LogP contribution in [0.5, 0.6) is 0 Å². The van der Waals surface area contributed by atoms with E-state index in [1.54, 1.807) is 6.20 Å². The van der Waals surface area contributed by atoms with Gasteiger partial charge in [0.05, 0.1) is 22.9 Å². The van der Waals surface area contributed by atoms with Gasteiger partial charge in [0.2, 0.25) is 0 Å². The second-order valence-corrected chi connectivity index (χ2v) is 7.08. The molecule has 0 bridgehead atoms. The fourth-order valence-corrected chi connectivity index (χ4v) is 3.31. The number of allylic oxidation sites excluding steroid dienone is 1. The molecule has 2 aromatic carbocycles. The van der Waals surface area contributed by atoms with Crippen molar-refractivity contribution >= 4 is 28.0 Å². The highest BCUT2D eigenvalue weighted by Gasteiger charge is 2.12. The van der Waals surface area contributed by atoms with Crippen LogP contribution in [0, 0.1) is 0 Å². The predicted octanol–water partition coefficient (Wildman–Crippen LogP) is 6.34. The van der Waals surface area contributed by atoms with Gasteiger partial charge in [-0.05, 0) is 73.2 Å². The van der Waals surface area contributed by atoms with E-state index in [1.807, 2.05) is 6.92 Å². The lowest BCUT2D eigenvalue weighted by molar-refractivity contribution is 0.883. The van der Waals surface area contributed by atoms with E-state index < -0.39 is 0 Å². The number of hydrogen-bond donors (Lipinski definition) is 0. The molecule has 0 radical (unpaired) electrons. The van der Waals surface area contributed by atoms with Gasteiger partial charge in [-0.25, -0.2) is 4.98 Å². The highest BCUT2D eigenvalue weighted by Crippen LogP contribution is 2.30. The van der Waals surface area contributed by atoms with E-state index in [4.69, 9.17) is 4.98 Å². The lowest BCUT2D eigenvalue weighted by atomic mass is 10.0. The molecular weight excluding hydrogens is 330 g/mol. The fourth-order valence-electron chi connectivity index (χ4n) is 3.31. The van der Waals surface area contributed by atoms with Gasteiger partial charge in [0.15, 0.2) is 0 Å². The van der Waals surface area contributed by atoms with E-state index in [1.165, 1.54) is 16.8 Å². The molecule has 0 unspecified atom stereocenters. The first-order valence-corrected chi connectivity index (χ1v) is 9.88. The normalized spacial score (nSPS) is 11.0. The van der Waals surface area contributed by atoms with Crippen molar-refractivity contribution in [3.63, 3.8) is 0 Å². The van der Waals surface area contributed by atoms with Crippen molar-refractivity contribution in [1.82, 2.24) is 9.97 Å². The van der Waals surface area contributed by atoms with E-state index in [2.05, 4.69) is 73.6 Å². The summed E-state index contributed by atoms with van der Waals surface area (Å²) in [6.45, 7) is 13.6. The van der Waals surface area contributed by atoms with Crippen LogP contribution >= 0.6 is 0 Å². The van der Waals surface area contributed by atoms with Gasteiger partial charge in [0.1, 0.15) is 0 Å². The van der Waals surface area contributed by atoms with Crippen LogP contribution in [0.25, 0.3) is 16.6 Å². The molecule has 0 aliphatic heterocycles. The molecule has 0 saturated carbocycles. The minimum Gasteiger partial charge on any atom is -0.341 e. The molecular formula is C24H29N3. The molecule has 1 heterocycles. The largest absolute Gasteiger partial charge is 0.341 e. The van der Waals surface area contributed by atoms with Crippen molar-refractivity contribution in [1.29, 1.82) is 0 Å². The third kappa shape index (κ3) is 4.19. The van der Waals surface area contributed by atoms with Crippen molar-refractivity contribution in [2.75, 3.05) is 11.4 Å². The van der Waals surface area contributed by atoms with E-state index in [0.717, 1.165) is 53.8 Å². The predicted molar refractivity (Wildman–Crippen MR) is 117 cm³/mol. The Hall–Kier alpha value is -2.68. The van der Waals surface area contributed by atoms with Crippen LogP contribution in [0.3, 0.4) is 0 Å². The third-order valence-corrected chi connectivity index (χ3v) is 4.89. The van der Waals surface area contributed by atoms with Crippen molar-refractivity contribution in [3.8, 4) is 0 Å². The van der Waals surface area contributed by atoms with Crippen molar-refractivity contribution in [2.45, 2.75) is 47.0 Å². The molecule has 3 rings (SSSR count). The highest BCUT2D eigenvalue weighted by atomic mass is 15.1. The maximum Gasteiger partial charge on any atom is 0.0914 e. The van der Waals surface area contributed by atoms with Gasteiger partial charge >= 0.3 is 0 Å². The van der Waals surface area contributed by atoms with Gasteiger partial charge in [-0.3, -0.25) is 4.98 Å². The highest BCUT2D eigenvalue weighted by molar-refractivity contribution is 5.82. The average molecular weight is 360 g/mol. The zero-order valence-electron chi connectivity index (χ0n) is 16.9. The summed E-state index contributed by atoms with van der Waals surface area (Å²) in [5.41, 5.74) is 8.80. The summed E-state index contributed by atoms with van der Waals surface area (Å²) in [5, 5.41) is 0. The number of hydrogen-bond acceptors (Lipinski definition) is 3. The molecule has 1 aromatic heterocycles. The summed E-state index contributed by atoms with van der Waals surface area (Å²) in [5.74, 6) is 0. The standard InChI is InChI=1S/C24H29N3/c1-6-11-27(21-13-18(7-2)12-19(8-3)14-21)20-9-10-22-23(15-20)26-24(16-25-22)17(4)5/h9-10,12-16H,4,6-8,11H2,1-3,5H3. The minimum atomic E-state index is 0.850. The Labute approximate surface area is 162 Å². The van der Waals surface area contributed by atoms with Crippen molar-refractivity contribution < 1.29 is 0 Å². The van der Waals surface area contributed by atoms with Gasteiger partial charge in [-0.2, -0.15) is 0 Å². The molecule has 0 fully saturated rings. The van der Waals surface area contributed by atoms with Crippen LogP contribution in [-0.4, -0.2) is 16.5 Å². The SMILES string of the molecule is C=C(C)c1cnc2ccc(N(CCC)c3cc(CC)cc(CC)c3)cc2n1. The molecule has 0 aliphatic carbocycles. The van der Waals surface area contributed by atoms with Gasteiger partial charge in [0, 0.05) is 17.9 Å². The van der Waals surface area contributed by atoms with Gasteiger partial charge in [-0.15, -0.1) is 0 Å². The molecule has 0 atom stereocenters. The van der Waals surface area contributed by atoms with Crippen molar-refractivity contribution in [2.24, 2.45) is 0 Å². The summed E-state index contributed by atoms with van der Waals surface area (Å²) < 4.78 is 0. The van der Waals surface area contributed by atoms with Crippen LogP contribution in [0.2, 0.25) is 0 Å². The van der Waals surface area contributed by atoms with E-state index >= 15 is 0 Å². The number of aryl methyl sites for hydroxylation is 2. The molecule has 0 aliphatic rings. The van der Waals surface area contributed by atoms with Gasteiger partial charge in [-0.1, -0.05) is 33.4 Å². The summed E-state index contributed by atoms with van der Waals surface area (Å²) in [6, 6.07) is 13.3. The molecule has 0 amide bonds. The lowest BCUT2D eigenvalue weighted by Gasteiger charge is -2.26. The monoisotopic (exact) mass is 359 g/mol. The summed E-state index contributed by atoms with van der Waals surface area (Å²) in [6.07, 6.45) is 4.97. The Morgan fingerprint density at radius 3 is 2.22 bits per heavy atom. The molecule has 140 valence electrons. The maximum atomic E-state index is 4.75. The van der Waals surface area contributed by atoms with Crippen LogP contribution in [0.15, 0.2) is 49.2 Å². The Bertz CT molecular complexity index is 937. The van der Waals surface area contributed by atoms with E-state index in [9.17, 15) is 0 Å². The Morgan fingerprint density at radius 1 is 0.926 bits per heavy atom. The lowest BCUT2D eigenvalue weighted by Crippen LogP contribution is -2.18. The molecule has 0 saturated heterocycles. The third-order valence-electron chi connectivity index (χ3n) is 4.89. The van der Waals surface area contributed by atoms with Gasteiger partial charge < -0.3 is 4.90 Å². The number of fused-ring (bicyclic) bond motifs is 1.